The van der Waals surface area contributed by atoms with Crippen LogP contribution in [-0.2, 0) is 6.54 Å². The summed E-state index contributed by atoms with van der Waals surface area (Å²) >= 11 is 0. The van der Waals surface area contributed by atoms with Crippen molar-refractivity contribution in [3.05, 3.63) is 66.5 Å². The van der Waals surface area contributed by atoms with Crippen molar-refractivity contribution >= 4 is 33.5 Å². The summed E-state index contributed by atoms with van der Waals surface area (Å²) < 4.78 is 2.15. The molecule has 136 valence electrons. The molecule has 0 spiro atoms. The van der Waals surface area contributed by atoms with Crippen LogP contribution in [0, 0.1) is 0 Å². The lowest BCUT2D eigenvalue weighted by molar-refractivity contribution is 0.0979. The number of nitrogens with two attached hydrogens (primary N) is 1. The third kappa shape index (κ3) is 3.53. The molecule has 0 atom stereocenters. The van der Waals surface area contributed by atoms with E-state index in [-0.39, 0.29) is 5.78 Å². The number of carbonyl (C=O) groups is 1. The van der Waals surface area contributed by atoms with E-state index in [2.05, 4.69) is 20.6 Å². The van der Waals surface area contributed by atoms with Crippen molar-refractivity contribution in [1.82, 2.24) is 14.5 Å². The molecule has 2 heterocycles. The predicted molar refractivity (Wildman–Crippen MR) is 109 cm³/mol. The molecule has 4 rings (SSSR count). The number of Topliss-reactive ketones (excluding diaryl/α,β-unsaturated/α-hetero) is 1. The Kier molecular flexibility index (Phi) is 4.83. The summed E-state index contributed by atoms with van der Waals surface area (Å²) in [5, 5.41) is 1.07. The van der Waals surface area contributed by atoms with Crippen LogP contribution in [0.25, 0.3) is 21.9 Å². The van der Waals surface area contributed by atoms with Crippen molar-refractivity contribution in [1.29, 1.82) is 0 Å². The molecule has 0 amide bonds. The van der Waals surface area contributed by atoms with Gasteiger partial charge >= 0.3 is 0 Å². The van der Waals surface area contributed by atoms with E-state index in [0.717, 1.165) is 53.3 Å². The molecule has 0 bridgehead atoms. The second-order valence-electron chi connectivity index (χ2n) is 6.75. The number of hydrogen-bond acceptors (Lipinski definition) is 4. The van der Waals surface area contributed by atoms with E-state index in [9.17, 15) is 4.79 Å². The molecule has 0 saturated carbocycles. The van der Waals surface area contributed by atoms with E-state index >= 15 is 0 Å². The van der Waals surface area contributed by atoms with Gasteiger partial charge < -0.3 is 10.3 Å². The first-order valence-electron chi connectivity index (χ1n) is 9.31. The molecule has 0 radical (unpaired) electrons. The van der Waals surface area contributed by atoms with Crippen molar-refractivity contribution in [2.24, 2.45) is 0 Å². The monoisotopic (exact) mass is 358 g/mol. The lowest BCUT2D eigenvalue weighted by Crippen LogP contribution is -2.01. The molecule has 2 aromatic carbocycles. The number of fused-ring (bicyclic) bond motifs is 3. The van der Waals surface area contributed by atoms with Crippen LogP contribution < -0.4 is 5.73 Å². The predicted octanol–water partition coefficient (Wildman–Crippen LogP) is 4.61. The molecule has 0 aliphatic heterocycles. The number of carbonyl (C=O) groups excluding carboxylic acids is 1. The number of rotatable bonds is 7. The van der Waals surface area contributed by atoms with Crippen molar-refractivity contribution < 1.29 is 4.79 Å². The molecule has 0 saturated heterocycles. The zero-order chi connectivity index (χ0) is 18.6. The maximum Gasteiger partial charge on any atom is 0.162 e. The van der Waals surface area contributed by atoms with E-state index in [4.69, 9.17) is 5.73 Å². The van der Waals surface area contributed by atoms with E-state index in [1.807, 2.05) is 54.9 Å². The molecule has 0 aliphatic rings. The Balaban J connectivity index is 1.40. The normalized spacial score (nSPS) is 11.3. The van der Waals surface area contributed by atoms with Gasteiger partial charge in [-0.05, 0) is 18.9 Å². The number of pyridine rings is 1. The minimum absolute atomic E-state index is 0.216. The highest BCUT2D eigenvalue weighted by atomic mass is 16.1. The fourth-order valence-electron chi connectivity index (χ4n) is 3.49. The number of imidazole rings is 1. The highest BCUT2D eigenvalue weighted by molar-refractivity contribution is 6.06. The van der Waals surface area contributed by atoms with Gasteiger partial charge in [-0.1, -0.05) is 55.0 Å². The van der Waals surface area contributed by atoms with E-state index in [1.54, 1.807) is 0 Å². The topological polar surface area (TPSA) is 73.8 Å². The molecule has 0 unspecified atom stereocenters. The highest BCUT2D eigenvalue weighted by Gasteiger charge is 2.12. The number of ketones is 1. The fraction of sp³-hybridized carbons (Fsp3) is 0.227. The van der Waals surface area contributed by atoms with Crippen LogP contribution in [0.3, 0.4) is 0 Å². The molecule has 5 heteroatoms. The van der Waals surface area contributed by atoms with Crippen LogP contribution in [0.4, 0.5) is 5.82 Å². The highest BCUT2D eigenvalue weighted by Crippen LogP contribution is 2.27. The molecule has 0 fully saturated rings. The molecule has 4 aromatic rings. The second-order valence-corrected chi connectivity index (χ2v) is 6.75. The van der Waals surface area contributed by atoms with Crippen molar-refractivity contribution in [2.45, 2.75) is 32.2 Å². The molecule has 5 nitrogen and oxygen atoms in total. The number of hydrogen-bond donors (Lipinski definition) is 1. The molecule has 2 N–H and O–H groups in total. The van der Waals surface area contributed by atoms with Gasteiger partial charge in [0.2, 0.25) is 0 Å². The zero-order valence-electron chi connectivity index (χ0n) is 15.1. The fourth-order valence-corrected chi connectivity index (χ4v) is 3.49. The first kappa shape index (κ1) is 17.2. The largest absolute Gasteiger partial charge is 0.382 e. The van der Waals surface area contributed by atoms with Crippen molar-refractivity contribution in [3.8, 4) is 0 Å². The summed E-state index contributed by atoms with van der Waals surface area (Å²) in [6, 6.07) is 17.5. The lowest BCUT2D eigenvalue weighted by Gasteiger charge is -2.08. The SMILES string of the molecule is Nc1nc2ccccc2c2c1ncn2CCCCCC(=O)c1ccccc1. The Labute approximate surface area is 157 Å². The van der Waals surface area contributed by atoms with Crippen LogP contribution >= 0.6 is 0 Å². The maximum absolute atomic E-state index is 12.2. The number of anilines is 1. The number of aromatic nitrogens is 3. The minimum Gasteiger partial charge on any atom is -0.382 e. The van der Waals surface area contributed by atoms with Crippen LogP contribution in [-0.4, -0.2) is 20.3 Å². The molecule has 0 aliphatic carbocycles. The van der Waals surface area contributed by atoms with Gasteiger partial charge in [-0.15, -0.1) is 0 Å². The van der Waals surface area contributed by atoms with Crippen molar-refractivity contribution in [3.63, 3.8) is 0 Å². The summed E-state index contributed by atoms with van der Waals surface area (Å²) in [5.74, 6) is 0.685. The number of para-hydroxylation sites is 1. The van der Waals surface area contributed by atoms with Gasteiger partial charge in [0.15, 0.2) is 11.6 Å². The van der Waals surface area contributed by atoms with Crippen LogP contribution in [0.2, 0.25) is 0 Å². The first-order valence-corrected chi connectivity index (χ1v) is 9.31. The number of unbranched alkanes of at least 4 members (excludes halogenated alkanes) is 2. The average Bonchev–Trinajstić information content (AvgIpc) is 3.13. The van der Waals surface area contributed by atoms with Gasteiger partial charge in [0.05, 0.1) is 17.4 Å². The van der Waals surface area contributed by atoms with E-state index in [1.165, 1.54) is 0 Å². The van der Waals surface area contributed by atoms with Crippen LogP contribution in [0.15, 0.2) is 60.9 Å². The summed E-state index contributed by atoms with van der Waals surface area (Å²) in [6.45, 7) is 0.851. The lowest BCUT2D eigenvalue weighted by atomic mass is 10.0. The molecular weight excluding hydrogens is 336 g/mol. The van der Waals surface area contributed by atoms with Gasteiger partial charge in [-0.2, -0.15) is 0 Å². The quantitative estimate of drug-likeness (QED) is 0.387. The summed E-state index contributed by atoms with van der Waals surface area (Å²) in [6.07, 6.45) is 5.31. The van der Waals surface area contributed by atoms with Gasteiger partial charge in [-0.3, -0.25) is 4.79 Å². The third-order valence-electron chi connectivity index (χ3n) is 4.88. The maximum atomic E-state index is 12.2. The average molecular weight is 358 g/mol. The summed E-state index contributed by atoms with van der Waals surface area (Å²) in [5.41, 5.74) is 9.56. The van der Waals surface area contributed by atoms with Gasteiger partial charge in [0.25, 0.3) is 0 Å². The second kappa shape index (κ2) is 7.58. The smallest absolute Gasteiger partial charge is 0.162 e. The van der Waals surface area contributed by atoms with Gasteiger partial charge in [-0.25, -0.2) is 9.97 Å². The Morgan fingerprint density at radius 2 is 1.74 bits per heavy atom. The Morgan fingerprint density at radius 3 is 2.59 bits per heavy atom. The zero-order valence-corrected chi connectivity index (χ0v) is 15.1. The Bertz CT molecular complexity index is 1090. The third-order valence-corrected chi connectivity index (χ3v) is 4.88. The molecule has 2 aromatic heterocycles. The summed E-state index contributed by atoms with van der Waals surface area (Å²) in [7, 11) is 0. The number of aryl methyl sites for hydroxylation is 1. The van der Waals surface area contributed by atoms with Crippen LogP contribution in [0.5, 0.6) is 0 Å². The van der Waals surface area contributed by atoms with Gasteiger partial charge in [0.1, 0.15) is 5.52 Å². The number of benzene rings is 2. The first-order chi connectivity index (χ1) is 13.2. The molecule has 27 heavy (non-hydrogen) atoms. The Hall–Kier alpha value is -3.21. The minimum atomic E-state index is 0.216. The van der Waals surface area contributed by atoms with E-state index in [0.29, 0.717) is 12.2 Å². The van der Waals surface area contributed by atoms with Crippen LogP contribution in [0.1, 0.15) is 36.0 Å². The van der Waals surface area contributed by atoms with Crippen molar-refractivity contribution in [2.75, 3.05) is 5.73 Å². The molecular formula is C22H22N4O. The number of nitrogen functional groups attached to an aromatic ring is 1. The summed E-state index contributed by atoms with van der Waals surface area (Å²) in [4.78, 5) is 21.1. The van der Waals surface area contributed by atoms with Gasteiger partial charge in [0, 0.05) is 23.9 Å². The number of nitrogens with zero attached hydrogens (tertiary/aromatic N) is 3. The Morgan fingerprint density at radius 1 is 0.963 bits per heavy atom. The van der Waals surface area contributed by atoms with E-state index < -0.39 is 0 Å². The standard InChI is InChI=1S/C22H22N4O/c23-22-20-21(17-11-6-7-12-18(17)25-22)26(15-24-20)14-8-2-5-13-19(27)16-9-3-1-4-10-16/h1,3-4,6-7,9-12,15H,2,5,8,13-14H2,(H2,23,25).